The zero-order chi connectivity index (χ0) is 12.3. The molecule has 0 saturated heterocycles. The van der Waals surface area contributed by atoms with Gasteiger partial charge in [0.05, 0.1) is 11.4 Å². The Morgan fingerprint density at radius 2 is 2.06 bits per heavy atom. The molecule has 1 heterocycles. The lowest BCUT2D eigenvalue weighted by Crippen LogP contribution is -2.16. The smallest absolute Gasteiger partial charge is 0.232 e. The van der Waals surface area contributed by atoms with E-state index < -0.39 is 10.0 Å². The third-order valence-corrected chi connectivity index (χ3v) is 3.79. The van der Waals surface area contributed by atoms with Crippen LogP contribution in [-0.2, 0) is 10.0 Å². The summed E-state index contributed by atoms with van der Waals surface area (Å²) in [5.74, 6) is 1.35. The van der Waals surface area contributed by atoms with Gasteiger partial charge in [0.2, 0.25) is 16.8 Å². The molecule has 1 aliphatic rings. The lowest BCUT2D eigenvalue weighted by Gasteiger charge is -2.07. The van der Waals surface area contributed by atoms with E-state index in [2.05, 4.69) is 4.72 Å². The zero-order valence-electron chi connectivity index (χ0n) is 9.60. The summed E-state index contributed by atoms with van der Waals surface area (Å²) in [4.78, 5) is 0. The maximum atomic E-state index is 11.7. The number of anilines is 1. The first-order chi connectivity index (χ1) is 8.11. The molecule has 5 nitrogen and oxygen atoms in total. The molecule has 0 fully saturated rings. The average Bonchev–Trinajstić information content (AvgIpc) is 2.73. The van der Waals surface area contributed by atoms with Gasteiger partial charge in [-0.05, 0) is 18.6 Å². The third kappa shape index (κ3) is 3.03. The van der Waals surface area contributed by atoms with Crippen molar-refractivity contribution in [3.63, 3.8) is 0 Å². The SMILES string of the molecule is CCCCS(=O)(=O)Nc1ccc2c(c1)OCO2. The summed E-state index contributed by atoms with van der Waals surface area (Å²) >= 11 is 0. The Bertz CT molecular complexity index is 498. The standard InChI is InChI=1S/C11H15NO4S/c1-2-3-6-17(13,14)12-9-4-5-10-11(7-9)16-8-15-10/h4-5,7,12H,2-3,6,8H2,1H3. The van der Waals surface area contributed by atoms with Crippen LogP contribution in [0.25, 0.3) is 0 Å². The predicted octanol–water partition coefficient (Wildman–Crippen LogP) is 1.96. The molecule has 0 spiro atoms. The highest BCUT2D eigenvalue weighted by molar-refractivity contribution is 7.92. The molecule has 94 valence electrons. The quantitative estimate of drug-likeness (QED) is 0.875. The summed E-state index contributed by atoms with van der Waals surface area (Å²) in [6, 6.07) is 4.99. The monoisotopic (exact) mass is 257 g/mol. The van der Waals surface area contributed by atoms with Gasteiger partial charge < -0.3 is 9.47 Å². The molecular formula is C11H15NO4S. The van der Waals surface area contributed by atoms with Crippen LogP contribution in [0.3, 0.4) is 0 Å². The van der Waals surface area contributed by atoms with Crippen molar-refractivity contribution in [2.75, 3.05) is 17.3 Å². The van der Waals surface area contributed by atoms with E-state index in [9.17, 15) is 8.42 Å². The fraction of sp³-hybridized carbons (Fsp3) is 0.455. The minimum atomic E-state index is -3.26. The lowest BCUT2D eigenvalue weighted by molar-refractivity contribution is 0.174. The van der Waals surface area contributed by atoms with Crippen molar-refractivity contribution in [1.29, 1.82) is 0 Å². The van der Waals surface area contributed by atoms with E-state index in [1.54, 1.807) is 18.2 Å². The van der Waals surface area contributed by atoms with Crippen LogP contribution in [0.15, 0.2) is 18.2 Å². The Balaban J connectivity index is 2.09. The van der Waals surface area contributed by atoms with Crippen molar-refractivity contribution in [3.05, 3.63) is 18.2 Å². The van der Waals surface area contributed by atoms with Gasteiger partial charge in [-0.15, -0.1) is 0 Å². The molecule has 0 bridgehead atoms. The minimum Gasteiger partial charge on any atom is -0.454 e. The number of fused-ring (bicyclic) bond motifs is 1. The van der Waals surface area contributed by atoms with Crippen LogP contribution in [0.1, 0.15) is 19.8 Å². The average molecular weight is 257 g/mol. The van der Waals surface area contributed by atoms with Crippen LogP contribution >= 0.6 is 0 Å². The highest BCUT2D eigenvalue weighted by atomic mass is 32.2. The third-order valence-electron chi connectivity index (χ3n) is 2.41. The van der Waals surface area contributed by atoms with Crippen LogP contribution in [0.4, 0.5) is 5.69 Å². The minimum absolute atomic E-state index is 0.137. The molecule has 0 amide bonds. The number of sulfonamides is 1. The summed E-state index contributed by atoms with van der Waals surface area (Å²) in [5, 5.41) is 0. The van der Waals surface area contributed by atoms with Gasteiger partial charge in [-0.2, -0.15) is 0 Å². The van der Waals surface area contributed by atoms with Gasteiger partial charge >= 0.3 is 0 Å². The Morgan fingerprint density at radius 1 is 1.29 bits per heavy atom. The van der Waals surface area contributed by atoms with Gasteiger partial charge in [-0.1, -0.05) is 13.3 Å². The van der Waals surface area contributed by atoms with E-state index in [1.165, 1.54) is 0 Å². The topological polar surface area (TPSA) is 64.6 Å². The number of hydrogen-bond donors (Lipinski definition) is 1. The zero-order valence-corrected chi connectivity index (χ0v) is 10.4. The van der Waals surface area contributed by atoms with Crippen LogP contribution in [-0.4, -0.2) is 21.0 Å². The van der Waals surface area contributed by atoms with E-state index >= 15 is 0 Å². The highest BCUT2D eigenvalue weighted by Gasteiger charge is 2.15. The van der Waals surface area contributed by atoms with Gasteiger partial charge in [-0.25, -0.2) is 8.42 Å². The van der Waals surface area contributed by atoms with Crippen molar-refractivity contribution in [2.24, 2.45) is 0 Å². The maximum Gasteiger partial charge on any atom is 0.232 e. The molecule has 0 saturated carbocycles. The largest absolute Gasteiger partial charge is 0.454 e. The van der Waals surface area contributed by atoms with Gasteiger partial charge in [0.25, 0.3) is 0 Å². The second kappa shape index (κ2) is 4.83. The van der Waals surface area contributed by atoms with E-state index in [0.717, 1.165) is 6.42 Å². The number of benzene rings is 1. The Hall–Kier alpha value is -1.43. The summed E-state index contributed by atoms with van der Waals surface area (Å²) < 4.78 is 36.2. The predicted molar refractivity (Wildman–Crippen MR) is 64.9 cm³/mol. The highest BCUT2D eigenvalue weighted by Crippen LogP contribution is 2.34. The van der Waals surface area contributed by atoms with Crippen molar-refractivity contribution in [3.8, 4) is 11.5 Å². The fourth-order valence-electron chi connectivity index (χ4n) is 1.52. The Morgan fingerprint density at radius 3 is 2.82 bits per heavy atom. The number of nitrogens with one attached hydrogen (secondary N) is 1. The molecule has 1 aromatic carbocycles. The molecule has 6 heteroatoms. The van der Waals surface area contributed by atoms with Crippen LogP contribution in [0, 0.1) is 0 Å². The fourth-order valence-corrected chi connectivity index (χ4v) is 2.78. The molecule has 1 N–H and O–H groups in total. The second-order valence-corrected chi connectivity index (χ2v) is 5.68. The second-order valence-electron chi connectivity index (χ2n) is 3.84. The Kier molecular flexibility index (Phi) is 3.42. The van der Waals surface area contributed by atoms with E-state index in [4.69, 9.17) is 9.47 Å². The molecule has 2 rings (SSSR count). The summed E-state index contributed by atoms with van der Waals surface area (Å²) in [6.07, 6.45) is 1.50. The van der Waals surface area contributed by atoms with Crippen molar-refractivity contribution < 1.29 is 17.9 Å². The van der Waals surface area contributed by atoms with Crippen molar-refractivity contribution >= 4 is 15.7 Å². The van der Waals surface area contributed by atoms with Gasteiger partial charge in [0.15, 0.2) is 11.5 Å². The van der Waals surface area contributed by atoms with Gasteiger partial charge in [0, 0.05) is 6.07 Å². The summed E-state index contributed by atoms with van der Waals surface area (Å²) in [6.45, 7) is 2.14. The molecule has 0 radical (unpaired) electrons. The number of ether oxygens (including phenoxy) is 2. The van der Waals surface area contributed by atoms with Crippen LogP contribution < -0.4 is 14.2 Å². The maximum absolute atomic E-state index is 11.7. The lowest BCUT2D eigenvalue weighted by atomic mass is 10.3. The van der Waals surface area contributed by atoms with Crippen molar-refractivity contribution in [1.82, 2.24) is 0 Å². The van der Waals surface area contributed by atoms with Gasteiger partial charge in [-0.3, -0.25) is 4.72 Å². The molecule has 17 heavy (non-hydrogen) atoms. The number of unbranched alkanes of at least 4 members (excludes halogenated alkanes) is 1. The molecule has 1 aromatic rings. The first-order valence-corrected chi connectivity index (χ1v) is 7.16. The molecule has 0 unspecified atom stereocenters. The molecule has 0 aliphatic carbocycles. The number of rotatable bonds is 5. The molecule has 0 atom stereocenters. The van der Waals surface area contributed by atoms with Crippen LogP contribution in [0.5, 0.6) is 11.5 Å². The number of hydrogen-bond acceptors (Lipinski definition) is 4. The Labute approximate surface area is 101 Å². The summed E-state index contributed by atoms with van der Waals surface area (Å²) in [7, 11) is -3.26. The van der Waals surface area contributed by atoms with E-state index in [-0.39, 0.29) is 12.5 Å². The van der Waals surface area contributed by atoms with E-state index in [1.807, 2.05) is 6.92 Å². The van der Waals surface area contributed by atoms with E-state index in [0.29, 0.717) is 23.6 Å². The van der Waals surface area contributed by atoms with Gasteiger partial charge in [0.1, 0.15) is 0 Å². The first kappa shape index (κ1) is 12.0. The normalized spacial score (nSPS) is 13.7. The molecular weight excluding hydrogens is 242 g/mol. The summed E-state index contributed by atoms with van der Waals surface area (Å²) in [5.41, 5.74) is 0.505. The van der Waals surface area contributed by atoms with Crippen LogP contribution in [0.2, 0.25) is 0 Å². The first-order valence-electron chi connectivity index (χ1n) is 5.51. The molecule has 1 aliphatic heterocycles. The van der Waals surface area contributed by atoms with Crippen molar-refractivity contribution in [2.45, 2.75) is 19.8 Å². The molecule has 0 aromatic heterocycles.